The molecule has 6 heteroatoms. The molecular formula is C14H12Cl2F2N2. The van der Waals surface area contributed by atoms with E-state index in [-0.39, 0.29) is 11.6 Å². The molecule has 0 spiro atoms. The van der Waals surface area contributed by atoms with Gasteiger partial charge in [0.2, 0.25) is 0 Å². The maximum atomic E-state index is 13.2. The Hall–Kier alpha value is -1.36. The summed E-state index contributed by atoms with van der Waals surface area (Å²) in [6.45, 7) is 0.193. The minimum absolute atomic E-state index is 0.193. The van der Waals surface area contributed by atoms with Crippen molar-refractivity contribution >= 4 is 28.9 Å². The third-order valence-corrected chi connectivity index (χ3v) is 3.49. The number of benzene rings is 2. The maximum absolute atomic E-state index is 13.2. The molecule has 0 aliphatic rings. The van der Waals surface area contributed by atoms with E-state index in [0.29, 0.717) is 16.3 Å². The predicted octanol–water partition coefficient (Wildman–Crippen LogP) is 4.38. The Labute approximate surface area is 125 Å². The van der Waals surface area contributed by atoms with Gasteiger partial charge < -0.3 is 11.1 Å². The Kier molecular flexibility index (Phi) is 4.81. The third kappa shape index (κ3) is 3.39. The zero-order valence-electron chi connectivity index (χ0n) is 10.3. The predicted molar refractivity (Wildman–Crippen MR) is 78.2 cm³/mol. The van der Waals surface area contributed by atoms with Gasteiger partial charge in [-0.25, -0.2) is 8.78 Å². The Bertz CT molecular complexity index is 620. The van der Waals surface area contributed by atoms with Crippen LogP contribution in [0.2, 0.25) is 10.0 Å². The van der Waals surface area contributed by atoms with E-state index < -0.39 is 17.7 Å². The van der Waals surface area contributed by atoms with Crippen LogP contribution in [0.25, 0.3) is 0 Å². The van der Waals surface area contributed by atoms with Crippen LogP contribution in [0.3, 0.4) is 0 Å². The molecule has 2 rings (SSSR count). The van der Waals surface area contributed by atoms with Crippen molar-refractivity contribution in [3.05, 3.63) is 63.6 Å². The van der Waals surface area contributed by atoms with E-state index in [1.807, 2.05) is 0 Å². The largest absolute Gasteiger partial charge is 0.376 e. The van der Waals surface area contributed by atoms with Crippen LogP contribution in [0.15, 0.2) is 36.4 Å². The van der Waals surface area contributed by atoms with Crippen molar-refractivity contribution in [2.24, 2.45) is 5.73 Å². The highest BCUT2D eigenvalue weighted by Crippen LogP contribution is 2.30. The van der Waals surface area contributed by atoms with Gasteiger partial charge in [-0.3, -0.25) is 0 Å². The van der Waals surface area contributed by atoms with E-state index >= 15 is 0 Å². The lowest BCUT2D eigenvalue weighted by molar-refractivity contribution is 0.625. The van der Waals surface area contributed by atoms with Crippen molar-refractivity contribution < 1.29 is 8.78 Å². The minimum Gasteiger partial charge on any atom is -0.376 e. The van der Waals surface area contributed by atoms with E-state index in [1.165, 1.54) is 36.4 Å². The van der Waals surface area contributed by atoms with Gasteiger partial charge in [-0.15, -0.1) is 0 Å². The minimum atomic E-state index is -0.432. The van der Waals surface area contributed by atoms with Gasteiger partial charge >= 0.3 is 0 Å². The molecule has 0 heterocycles. The van der Waals surface area contributed by atoms with Gasteiger partial charge in [-0.1, -0.05) is 29.3 Å². The molecule has 1 atom stereocenters. The van der Waals surface area contributed by atoms with E-state index in [0.717, 1.165) is 0 Å². The summed E-state index contributed by atoms with van der Waals surface area (Å²) in [6, 6.07) is 7.60. The number of rotatable bonds is 4. The summed E-state index contributed by atoms with van der Waals surface area (Å²) in [4.78, 5) is 0. The van der Waals surface area contributed by atoms with Crippen LogP contribution in [0, 0.1) is 11.6 Å². The molecule has 0 fully saturated rings. The van der Waals surface area contributed by atoms with E-state index in [4.69, 9.17) is 28.9 Å². The highest BCUT2D eigenvalue weighted by Gasteiger charge is 2.15. The van der Waals surface area contributed by atoms with Crippen molar-refractivity contribution in [2.45, 2.75) is 6.04 Å². The van der Waals surface area contributed by atoms with Crippen molar-refractivity contribution in [3.63, 3.8) is 0 Å². The summed E-state index contributed by atoms with van der Waals surface area (Å²) < 4.78 is 26.3. The Morgan fingerprint density at radius 3 is 2.30 bits per heavy atom. The quantitative estimate of drug-likeness (QED) is 0.878. The van der Waals surface area contributed by atoms with Crippen LogP contribution in [-0.2, 0) is 0 Å². The summed E-state index contributed by atoms with van der Waals surface area (Å²) in [6.07, 6.45) is 0. The summed E-state index contributed by atoms with van der Waals surface area (Å²) >= 11 is 12.0. The molecule has 106 valence electrons. The zero-order chi connectivity index (χ0) is 14.7. The second-order valence-electron chi connectivity index (χ2n) is 4.22. The number of hydrogen-bond donors (Lipinski definition) is 2. The number of anilines is 1. The summed E-state index contributed by atoms with van der Waals surface area (Å²) in [7, 11) is 0. The Morgan fingerprint density at radius 2 is 1.65 bits per heavy atom. The fourth-order valence-corrected chi connectivity index (χ4v) is 2.31. The van der Waals surface area contributed by atoms with Crippen molar-refractivity contribution in [2.75, 3.05) is 11.9 Å². The van der Waals surface area contributed by atoms with Gasteiger partial charge in [0.05, 0.1) is 16.8 Å². The van der Waals surface area contributed by atoms with Crippen LogP contribution in [0.1, 0.15) is 11.6 Å². The first-order valence-corrected chi connectivity index (χ1v) is 6.63. The molecule has 0 saturated carbocycles. The summed E-state index contributed by atoms with van der Waals surface area (Å²) in [5, 5.41) is 3.62. The second-order valence-corrected chi connectivity index (χ2v) is 5.04. The van der Waals surface area contributed by atoms with Gasteiger partial charge in [-0.2, -0.15) is 0 Å². The van der Waals surface area contributed by atoms with Crippen LogP contribution < -0.4 is 11.1 Å². The molecule has 1 unspecified atom stereocenters. The molecule has 2 aromatic rings. The molecular weight excluding hydrogens is 305 g/mol. The fourth-order valence-electron chi connectivity index (χ4n) is 1.84. The lowest BCUT2D eigenvalue weighted by Crippen LogP contribution is -2.21. The van der Waals surface area contributed by atoms with Gasteiger partial charge in [0.1, 0.15) is 11.6 Å². The normalized spacial score (nSPS) is 12.2. The van der Waals surface area contributed by atoms with Crippen LogP contribution >= 0.6 is 23.2 Å². The number of nitrogens with two attached hydrogens (primary N) is 1. The first-order chi connectivity index (χ1) is 9.51. The summed E-state index contributed by atoms with van der Waals surface area (Å²) in [5.41, 5.74) is 6.72. The smallest absolute Gasteiger partial charge is 0.125 e. The number of halogens is 4. The lowest BCUT2D eigenvalue weighted by Gasteiger charge is -2.20. The molecule has 20 heavy (non-hydrogen) atoms. The average Bonchev–Trinajstić information content (AvgIpc) is 2.40. The SMILES string of the molecule is NCC(Nc1cc(F)ccc1Cl)c1ccc(F)cc1Cl. The van der Waals surface area contributed by atoms with Gasteiger partial charge in [-0.05, 0) is 35.9 Å². The molecule has 0 radical (unpaired) electrons. The number of nitrogens with one attached hydrogen (secondary N) is 1. The molecule has 0 aromatic heterocycles. The zero-order valence-corrected chi connectivity index (χ0v) is 11.8. The first-order valence-electron chi connectivity index (χ1n) is 5.88. The van der Waals surface area contributed by atoms with Crippen LogP contribution in [0.5, 0.6) is 0 Å². The topological polar surface area (TPSA) is 38.0 Å². The Morgan fingerprint density at radius 1 is 1.00 bits per heavy atom. The summed E-state index contributed by atoms with van der Waals surface area (Å²) in [5.74, 6) is -0.851. The monoisotopic (exact) mass is 316 g/mol. The lowest BCUT2D eigenvalue weighted by atomic mass is 10.1. The van der Waals surface area contributed by atoms with E-state index in [9.17, 15) is 8.78 Å². The average molecular weight is 317 g/mol. The van der Waals surface area contributed by atoms with Gasteiger partial charge in [0.15, 0.2) is 0 Å². The maximum Gasteiger partial charge on any atom is 0.125 e. The van der Waals surface area contributed by atoms with Gasteiger partial charge in [0.25, 0.3) is 0 Å². The molecule has 3 N–H and O–H groups in total. The first kappa shape index (κ1) is 15.0. The highest BCUT2D eigenvalue weighted by atomic mass is 35.5. The molecule has 2 aromatic carbocycles. The van der Waals surface area contributed by atoms with Crippen molar-refractivity contribution in [3.8, 4) is 0 Å². The van der Waals surface area contributed by atoms with Crippen LogP contribution in [0.4, 0.5) is 14.5 Å². The second kappa shape index (κ2) is 6.39. The fraction of sp³-hybridized carbons (Fsp3) is 0.143. The highest BCUT2D eigenvalue weighted by molar-refractivity contribution is 6.33. The number of hydrogen-bond acceptors (Lipinski definition) is 2. The molecule has 2 nitrogen and oxygen atoms in total. The van der Waals surface area contributed by atoms with E-state index in [1.54, 1.807) is 0 Å². The van der Waals surface area contributed by atoms with Crippen molar-refractivity contribution in [1.82, 2.24) is 0 Å². The van der Waals surface area contributed by atoms with Gasteiger partial charge in [0, 0.05) is 11.6 Å². The molecule has 0 aliphatic heterocycles. The third-order valence-electron chi connectivity index (χ3n) is 2.83. The molecule has 0 aliphatic carbocycles. The van der Waals surface area contributed by atoms with Crippen LogP contribution in [-0.4, -0.2) is 6.54 Å². The van der Waals surface area contributed by atoms with E-state index in [2.05, 4.69) is 5.32 Å². The van der Waals surface area contributed by atoms with Crippen molar-refractivity contribution in [1.29, 1.82) is 0 Å². The standard InChI is InChI=1S/C14H12Cl2F2N2/c15-11-4-2-9(18)6-13(11)20-14(7-19)10-3-1-8(17)5-12(10)16/h1-6,14,20H,7,19H2. The molecule has 0 bridgehead atoms. The molecule has 0 amide bonds. The molecule has 0 saturated heterocycles. The Balaban J connectivity index is 2.31.